The maximum absolute atomic E-state index is 12.2. The highest BCUT2D eigenvalue weighted by Crippen LogP contribution is 2.40. The number of hydrogen-bond donors (Lipinski definition) is 2. The van der Waals surface area contributed by atoms with Gasteiger partial charge in [-0.2, -0.15) is 0 Å². The average molecular weight is 417 g/mol. The van der Waals surface area contributed by atoms with E-state index in [4.69, 9.17) is 0 Å². The molecule has 0 aliphatic carbocycles. The number of amides is 1. The Balaban J connectivity index is 1.43. The average Bonchev–Trinajstić information content (AvgIpc) is 3.10. The van der Waals surface area contributed by atoms with Crippen LogP contribution in [0.25, 0.3) is 21.3 Å². The van der Waals surface area contributed by atoms with Crippen LogP contribution in [0.3, 0.4) is 0 Å². The van der Waals surface area contributed by atoms with Gasteiger partial charge in [0, 0.05) is 30.0 Å². The molecule has 2 heterocycles. The molecule has 0 saturated heterocycles. The molecule has 0 bridgehead atoms. The highest BCUT2D eigenvalue weighted by molar-refractivity contribution is 7.19. The van der Waals surface area contributed by atoms with E-state index < -0.39 is 0 Å². The summed E-state index contributed by atoms with van der Waals surface area (Å²) < 4.78 is 0. The molecule has 152 valence electrons. The zero-order valence-electron chi connectivity index (χ0n) is 17.1. The van der Waals surface area contributed by atoms with Crippen molar-refractivity contribution in [2.24, 2.45) is 0 Å². The molecule has 0 spiro atoms. The fourth-order valence-corrected chi connectivity index (χ4v) is 4.43. The van der Waals surface area contributed by atoms with Crippen molar-refractivity contribution in [2.75, 3.05) is 11.9 Å². The van der Waals surface area contributed by atoms with E-state index in [0.29, 0.717) is 19.5 Å². The van der Waals surface area contributed by atoms with Gasteiger partial charge >= 0.3 is 0 Å². The molecule has 0 saturated carbocycles. The lowest BCUT2D eigenvalue weighted by Crippen LogP contribution is -2.25. The Bertz CT molecular complexity index is 1150. The standard InChI is InChI=1S/C24H24N4OS/c1-16-8-10-18(11-9-16)14-26-20(29)12-13-25-23-22-21(19-6-4-3-5-7-19)17(2)30-24(22)28-15-27-23/h3-11,15H,12-14H2,1-2H3,(H,26,29)(H,25,27,28). The van der Waals surface area contributed by atoms with Gasteiger partial charge in [-0.15, -0.1) is 11.3 Å². The Labute approximate surface area is 180 Å². The number of nitrogens with zero attached hydrogens (tertiary/aromatic N) is 2. The molecule has 5 nitrogen and oxygen atoms in total. The molecule has 0 aliphatic heterocycles. The maximum atomic E-state index is 12.2. The normalized spacial score (nSPS) is 10.9. The molecule has 4 aromatic rings. The van der Waals surface area contributed by atoms with Gasteiger partial charge in [0.2, 0.25) is 5.91 Å². The van der Waals surface area contributed by atoms with E-state index in [1.165, 1.54) is 10.4 Å². The second kappa shape index (κ2) is 9.05. The summed E-state index contributed by atoms with van der Waals surface area (Å²) in [6.07, 6.45) is 1.95. The van der Waals surface area contributed by atoms with Crippen LogP contribution in [0.4, 0.5) is 5.82 Å². The number of rotatable bonds is 7. The van der Waals surface area contributed by atoms with E-state index in [9.17, 15) is 4.79 Å². The van der Waals surface area contributed by atoms with Crippen molar-refractivity contribution in [3.63, 3.8) is 0 Å². The number of thiophene rings is 1. The van der Waals surface area contributed by atoms with Crippen molar-refractivity contribution >= 4 is 33.3 Å². The molecule has 6 heteroatoms. The Morgan fingerprint density at radius 1 is 1.00 bits per heavy atom. The lowest BCUT2D eigenvalue weighted by Gasteiger charge is -2.10. The van der Waals surface area contributed by atoms with Gasteiger partial charge in [-0.1, -0.05) is 60.2 Å². The quantitative estimate of drug-likeness (QED) is 0.440. The smallest absolute Gasteiger partial charge is 0.222 e. The molecule has 0 aliphatic rings. The molecular formula is C24H24N4OS. The number of fused-ring (bicyclic) bond motifs is 1. The van der Waals surface area contributed by atoms with Crippen molar-refractivity contribution in [3.05, 3.63) is 76.9 Å². The summed E-state index contributed by atoms with van der Waals surface area (Å²) >= 11 is 1.66. The molecule has 1 amide bonds. The predicted molar refractivity (Wildman–Crippen MR) is 124 cm³/mol. The van der Waals surface area contributed by atoms with Crippen LogP contribution in [0.5, 0.6) is 0 Å². The molecule has 0 atom stereocenters. The fourth-order valence-electron chi connectivity index (χ4n) is 3.42. The summed E-state index contributed by atoms with van der Waals surface area (Å²) in [4.78, 5) is 23.3. The van der Waals surface area contributed by atoms with Gasteiger partial charge in [-0.05, 0) is 25.0 Å². The fraction of sp³-hybridized carbons (Fsp3) is 0.208. The molecule has 4 rings (SSSR count). The Kier molecular flexibility index (Phi) is 6.05. The minimum Gasteiger partial charge on any atom is -0.369 e. The van der Waals surface area contributed by atoms with Crippen LogP contribution in [-0.4, -0.2) is 22.4 Å². The number of hydrogen-bond acceptors (Lipinski definition) is 5. The highest BCUT2D eigenvalue weighted by Gasteiger charge is 2.16. The second-order valence-corrected chi connectivity index (χ2v) is 8.44. The third-order valence-electron chi connectivity index (χ3n) is 4.98. The first-order chi connectivity index (χ1) is 14.6. The van der Waals surface area contributed by atoms with Crippen molar-refractivity contribution < 1.29 is 4.79 Å². The van der Waals surface area contributed by atoms with Gasteiger partial charge in [0.25, 0.3) is 0 Å². The van der Waals surface area contributed by atoms with Crippen LogP contribution < -0.4 is 10.6 Å². The second-order valence-electron chi connectivity index (χ2n) is 7.24. The summed E-state index contributed by atoms with van der Waals surface area (Å²) in [7, 11) is 0. The van der Waals surface area contributed by atoms with E-state index in [-0.39, 0.29) is 5.91 Å². The van der Waals surface area contributed by atoms with Crippen LogP contribution in [0.15, 0.2) is 60.9 Å². The molecule has 2 aromatic carbocycles. The summed E-state index contributed by atoms with van der Waals surface area (Å²) in [5, 5.41) is 7.34. The van der Waals surface area contributed by atoms with Crippen molar-refractivity contribution in [3.8, 4) is 11.1 Å². The first-order valence-electron chi connectivity index (χ1n) is 9.97. The number of carbonyl (C=O) groups is 1. The topological polar surface area (TPSA) is 66.9 Å². The van der Waals surface area contributed by atoms with Crippen molar-refractivity contribution in [1.29, 1.82) is 0 Å². The minimum atomic E-state index is 0.0122. The zero-order valence-corrected chi connectivity index (χ0v) is 17.9. The largest absolute Gasteiger partial charge is 0.369 e. The Morgan fingerprint density at radius 3 is 2.53 bits per heavy atom. The predicted octanol–water partition coefficient (Wildman–Crippen LogP) is 5.09. The summed E-state index contributed by atoms with van der Waals surface area (Å²) in [5.41, 5.74) is 4.61. The van der Waals surface area contributed by atoms with E-state index in [0.717, 1.165) is 32.7 Å². The van der Waals surface area contributed by atoms with Crippen LogP contribution >= 0.6 is 11.3 Å². The van der Waals surface area contributed by atoms with E-state index in [1.807, 2.05) is 30.3 Å². The lowest BCUT2D eigenvalue weighted by molar-refractivity contribution is -0.121. The van der Waals surface area contributed by atoms with Crippen LogP contribution in [-0.2, 0) is 11.3 Å². The molecule has 2 aromatic heterocycles. The molecule has 0 unspecified atom stereocenters. The first-order valence-corrected chi connectivity index (χ1v) is 10.8. The van der Waals surface area contributed by atoms with Crippen molar-refractivity contribution in [1.82, 2.24) is 15.3 Å². The van der Waals surface area contributed by atoms with E-state index >= 15 is 0 Å². The highest BCUT2D eigenvalue weighted by atomic mass is 32.1. The van der Waals surface area contributed by atoms with E-state index in [1.54, 1.807) is 17.7 Å². The maximum Gasteiger partial charge on any atom is 0.222 e. The van der Waals surface area contributed by atoms with Gasteiger partial charge in [-0.25, -0.2) is 9.97 Å². The number of aromatic nitrogens is 2. The summed E-state index contributed by atoms with van der Waals surface area (Å²) in [6, 6.07) is 18.5. The van der Waals surface area contributed by atoms with Crippen LogP contribution in [0, 0.1) is 13.8 Å². The lowest BCUT2D eigenvalue weighted by atomic mass is 10.0. The van der Waals surface area contributed by atoms with Crippen molar-refractivity contribution in [2.45, 2.75) is 26.8 Å². The molecule has 0 radical (unpaired) electrons. The number of nitrogens with one attached hydrogen (secondary N) is 2. The molecule has 2 N–H and O–H groups in total. The number of aryl methyl sites for hydroxylation is 2. The van der Waals surface area contributed by atoms with Gasteiger partial charge in [0.05, 0.1) is 5.39 Å². The van der Waals surface area contributed by atoms with E-state index in [2.05, 4.69) is 58.7 Å². The summed E-state index contributed by atoms with van der Waals surface area (Å²) in [6.45, 7) is 5.21. The molecule has 0 fully saturated rings. The Morgan fingerprint density at radius 2 is 1.77 bits per heavy atom. The zero-order chi connectivity index (χ0) is 20.9. The Hall–Kier alpha value is -3.25. The van der Waals surface area contributed by atoms with Gasteiger partial charge in [0.1, 0.15) is 17.0 Å². The third-order valence-corrected chi connectivity index (χ3v) is 5.99. The summed E-state index contributed by atoms with van der Waals surface area (Å²) in [5.74, 6) is 0.785. The van der Waals surface area contributed by atoms with Crippen LogP contribution in [0.2, 0.25) is 0 Å². The van der Waals surface area contributed by atoms with Gasteiger partial charge in [-0.3, -0.25) is 4.79 Å². The number of carbonyl (C=O) groups excluding carboxylic acids is 1. The third kappa shape index (κ3) is 4.49. The minimum absolute atomic E-state index is 0.0122. The van der Waals surface area contributed by atoms with Crippen LogP contribution in [0.1, 0.15) is 22.4 Å². The van der Waals surface area contributed by atoms with Gasteiger partial charge < -0.3 is 10.6 Å². The molecule has 30 heavy (non-hydrogen) atoms. The SMILES string of the molecule is Cc1ccc(CNC(=O)CCNc2ncnc3sc(C)c(-c4ccccc4)c23)cc1. The first kappa shape index (κ1) is 20.0. The van der Waals surface area contributed by atoms with Gasteiger partial charge in [0.15, 0.2) is 0 Å². The molecular weight excluding hydrogens is 392 g/mol. The number of anilines is 1. The monoisotopic (exact) mass is 416 g/mol. The number of benzene rings is 2.